The molecule has 0 radical (unpaired) electrons. The van der Waals surface area contributed by atoms with Crippen molar-refractivity contribution < 1.29 is 0 Å². The molecule has 0 bridgehead atoms. The lowest BCUT2D eigenvalue weighted by molar-refractivity contribution is 0.436. The smallest absolute Gasteiger partial charge is 0.0704 e. The van der Waals surface area contributed by atoms with E-state index in [0.29, 0.717) is 6.04 Å². The van der Waals surface area contributed by atoms with Gasteiger partial charge in [-0.05, 0) is 62.3 Å². The largest absolute Gasteiger partial charge is 0.314 e. The monoisotopic (exact) mass is 268 g/mol. The Hall–Kier alpha value is -1.41. The molecule has 20 heavy (non-hydrogen) atoms. The molecule has 2 heteroatoms. The molecule has 1 heterocycles. The van der Waals surface area contributed by atoms with Gasteiger partial charge in [0.2, 0.25) is 0 Å². The Bertz CT molecular complexity index is 555. The number of nitrogens with zero attached hydrogens (tertiary/aromatic N) is 1. The van der Waals surface area contributed by atoms with E-state index >= 15 is 0 Å². The summed E-state index contributed by atoms with van der Waals surface area (Å²) in [6, 6.07) is 11.4. The van der Waals surface area contributed by atoms with Crippen LogP contribution in [0.25, 0.3) is 10.9 Å². The van der Waals surface area contributed by atoms with Crippen molar-refractivity contribution in [2.45, 2.75) is 45.1 Å². The molecule has 1 aliphatic carbocycles. The highest BCUT2D eigenvalue weighted by Gasteiger charge is 2.30. The molecule has 2 nitrogen and oxygen atoms in total. The molecule has 1 atom stereocenters. The van der Waals surface area contributed by atoms with Crippen LogP contribution in [0.3, 0.4) is 0 Å². The van der Waals surface area contributed by atoms with E-state index < -0.39 is 0 Å². The van der Waals surface area contributed by atoms with Gasteiger partial charge in [-0.15, -0.1) is 0 Å². The number of rotatable bonds is 7. The van der Waals surface area contributed by atoms with Crippen molar-refractivity contribution >= 4 is 10.9 Å². The van der Waals surface area contributed by atoms with Crippen molar-refractivity contribution in [1.82, 2.24) is 10.3 Å². The number of aryl methyl sites for hydroxylation is 1. The predicted octanol–water partition coefficient (Wildman–Crippen LogP) is 3.95. The maximum Gasteiger partial charge on any atom is 0.0704 e. The fourth-order valence-corrected chi connectivity index (χ4v) is 3.03. The van der Waals surface area contributed by atoms with Gasteiger partial charge in [-0.3, -0.25) is 4.98 Å². The zero-order chi connectivity index (χ0) is 13.8. The second-order valence-corrected chi connectivity index (χ2v) is 5.92. The number of hydrogen-bond acceptors (Lipinski definition) is 2. The Labute approximate surface area is 121 Å². The van der Waals surface area contributed by atoms with Crippen LogP contribution in [0.5, 0.6) is 0 Å². The Morgan fingerprint density at radius 1 is 1.25 bits per heavy atom. The quantitative estimate of drug-likeness (QED) is 0.822. The highest BCUT2D eigenvalue weighted by molar-refractivity contribution is 5.81. The average Bonchev–Trinajstić information content (AvgIpc) is 3.32. The van der Waals surface area contributed by atoms with Gasteiger partial charge in [0, 0.05) is 17.6 Å². The first kappa shape index (κ1) is 13.6. The number of aromatic nitrogens is 1. The SMILES string of the molecule is CCCNC(CCc1cccc2ncccc12)C1CC1. The van der Waals surface area contributed by atoms with Crippen LogP contribution < -0.4 is 5.32 Å². The Morgan fingerprint density at radius 2 is 2.15 bits per heavy atom. The first-order valence-electron chi connectivity index (χ1n) is 7.94. The van der Waals surface area contributed by atoms with Gasteiger partial charge in [0.25, 0.3) is 0 Å². The average molecular weight is 268 g/mol. The topological polar surface area (TPSA) is 24.9 Å². The van der Waals surface area contributed by atoms with Crippen LogP contribution >= 0.6 is 0 Å². The second-order valence-electron chi connectivity index (χ2n) is 5.92. The molecule has 106 valence electrons. The van der Waals surface area contributed by atoms with Crippen LogP contribution in [-0.2, 0) is 6.42 Å². The summed E-state index contributed by atoms with van der Waals surface area (Å²) in [5, 5.41) is 5.05. The van der Waals surface area contributed by atoms with Gasteiger partial charge >= 0.3 is 0 Å². The zero-order valence-electron chi connectivity index (χ0n) is 12.3. The summed E-state index contributed by atoms with van der Waals surface area (Å²) >= 11 is 0. The van der Waals surface area contributed by atoms with Crippen LogP contribution in [0.1, 0.15) is 38.2 Å². The minimum Gasteiger partial charge on any atom is -0.314 e. The molecule has 1 fully saturated rings. The van der Waals surface area contributed by atoms with Crippen LogP contribution in [0.15, 0.2) is 36.5 Å². The number of fused-ring (bicyclic) bond motifs is 1. The Kier molecular flexibility index (Phi) is 4.31. The van der Waals surface area contributed by atoms with E-state index in [4.69, 9.17) is 0 Å². The molecule has 3 rings (SSSR count). The molecule has 0 spiro atoms. The van der Waals surface area contributed by atoms with Gasteiger partial charge in [0.05, 0.1) is 5.52 Å². The number of benzene rings is 1. The number of hydrogen-bond donors (Lipinski definition) is 1. The normalized spacial score (nSPS) is 16.4. The molecular weight excluding hydrogens is 244 g/mol. The highest BCUT2D eigenvalue weighted by Crippen LogP contribution is 2.34. The third-order valence-electron chi connectivity index (χ3n) is 4.31. The fraction of sp³-hybridized carbons (Fsp3) is 0.500. The summed E-state index contributed by atoms with van der Waals surface area (Å²) < 4.78 is 0. The summed E-state index contributed by atoms with van der Waals surface area (Å²) in [4.78, 5) is 4.45. The molecule has 1 aromatic carbocycles. The molecule has 0 aliphatic heterocycles. The standard InChI is InChI=1S/C18H24N2/c1-2-12-19-17(15-8-9-15)11-10-14-5-3-7-18-16(14)6-4-13-20-18/h3-7,13,15,17,19H,2,8-12H2,1H3. The highest BCUT2D eigenvalue weighted by atomic mass is 14.9. The molecule has 0 amide bonds. The summed E-state index contributed by atoms with van der Waals surface area (Å²) in [6.07, 6.45) is 8.33. The van der Waals surface area contributed by atoms with Crippen LogP contribution in [0.2, 0.25) is 0 Å². The molecule has 1 saturated carbocycles. The Morgan fingerprint density at radius 3 is 2.95 bits per heavy atom. The lowest BCUT2D eigenvalue weighted by Gasteiger charge is -2.18. The van der Waals surface area contributed by atoms with E-state index in [-0.39, 0.29) is 0 Å². The van der Waals surface area contributed by atoms with E-state index in [0.717, 1.165) is 24.4 Å². The second kappa shape index (κ2) is 6.36. The van der Waals surface area contributed by atoms with Gasteiger partial charge in [-0.2, -0.15) is 0 Å². The van der Waals surface area contributed by atoms with Crippen molar-refractivity contribution in [2.75, 3.05) is 6.54 Å². The van der Waals surface area contributed by atoms with Crippen molar-refractivity contribution in [1.29, 1.82) is 0 Å². The van der Waals surface area contributed by atoms with Gasteiger partial charge in [0.1, 0.15) is 0 Å². The predicted molar refractivity (Wildman–Crippen MR) is 84.9 cm³/mol. The fourth-order valence-electron chi connectivity index (χ4n) is 3.03. The van der Waals surface area contributed by atoms with Gasteiger partial charge < -0.3 is 5.32 Å². The van der Waals surface area contributed by atoms with Crippen LogP contribution in [-0.4, -0.2) is 17.6 Å². The first-order chi connectivity index (χ1) is 9.88. The third-order valence-corrected chi connectivity index (χ3v) is 4.31. The van der Waals surface area contributed by atoms with Crippen molar-refractivity contribution in [3.8, 4) is 0 Å². The minimum absolute atomic E-state index is 0.710. The van der Waals surface area contributed by atoms with Crippen LogP contribution in [0, 0.1) is 5.92 Å². The molecule has 0 saturated heterocycles. The number of pyridine rings is 1. The summed E-state index contributed by atoms with van der Waals surface area (Å²) in [5.74, 6) is 0.926. The summed E-state index contributed by atoms with van der Waals surface area (Å²) in [5.41, 5.74) is 2.56. The molecular formula is C18H24N2. The maximum atomic E-state index is 4.45. The summed E-state index contributed by atoms with van der Waals surface area (Å²) in [7, 11) is 0. The van der Waals surface area contributed by atoms with E-state index in [1.807, 2.05) is 12.3 Å². The summed E-state index contributed by atoms with van der Waals surface area (Å²) in [6.45, 7) is 3.39. The van der Waals surface area contributed by atoms with Crippen molar-refractivity contribution in [2.24, 2.45) is 5.92 Å². The number of nitrogens with one attached hydrogen (secondary N) is 1. The lowest BCUT2D eigenvalue weighted by atomic mass is 9.99. The van der Waals surface area contributed by atoms with E-state index in [1.165, 1.54) is 36.6 Å². The molecule has 2 aromatic rings. The molecule has 1 aromatic heterocycles. The molecule has 1 aliphatic rings. The van der Waals surface area contributed by atoms with Crippen LogP contribution in [0.4, 0.5) is 0 Å². The Balaban J connectivity index is 1.69. The van der Waals surface area contributed by atoms with E-state index in [2.05, 4.69) is 41.5 Å². The first-order valence-corrected chi connectivity index (χ1v) is 7.94. The maximum absolute atomic E-state index is 4.45. The van der Waals surface area contributed by atoms with Crippen molar-refractivity contribution in [3.63, 3.8) is 0 Å². The van der Waals surface area contributed by atoms with E-state index in [9.17, 15) is 0 Å². The van der Waals surface area contributed by atoms with Gasteiger partial charge in [-0.1, -0.05) is 25.1 Å². The lowest BCUT2D eigenvalue weighted by Crippen LogP contribution is -2.32. The molecule has 1 N–H and O–H groups in total. The van der Waals surface area contributed by atoms with Crippen molar-refractivity contribution in [3.05, 3.63) is 42.1 Å². The zero-order valence-corrected chi connectivity index (χ0v) is 12.3. The van der Waals surface area contributed by atoms with Gasteiger partial charge in [0.15, 0.2) is 0 Å². The van der Waals surface area contributed by atoms with Gasteiger partial charge in [-0.25, -0.2) is 0 Å². The molecule has 1 unspecified atom stereocenters. The van der Waals surface area contributed by atoms with E-state index in [1.54, 1.807) is 0 Å². The third kappa shape index (κ3) is 3.18. The minimum atomic E-state index is 0.710.